The molecule has 0 heterocycles. The van der Waals surface area contributed by atoms with Crippen molar-refractivity contribution in [3.8, 4) is 0 Å². The van der Waals surface area contributed by atoms with Gasteiger partial charge < -0.3 is 0 Å². The zero-order valence-corrected chi connectivity index (χ0v) is 17.8. The zero-order valence-electron chi connectivity index (χ0n) is 17.8. The second-order valence-corrected chi connectivity index (χ2v) is 9.94. The van der Waals surface area contributed by atoms with Crippen molar-refractivity contribution in [1.29, 1.82) is 0 Å². The molecule has 0 N–H and O–H groups in total. The third-order valence-electron chi connectivity index (χ3n) is 7.82. The summed E-state index contributed by atoms with van der Waals surface area (Å²) in [6.07, 6.45) is 14.2. The summed E-state index contributed by atoms with van der Waals surface area (Å²) < 4.78 is 0. The lowest BCUT2D eigenvalue weighted by Gasteiger charge is -2.41. The lowest BCUT2D eigenvalue weighted by atomic mass is 9.63. The van der Waals surface area contributed by atoms with Gasteiger partial charge in [-0.2, -0.15) is 0 Å². The molecule has 0 aliphatic heterocycles. The Morgan fingerprint density at radius 2 is 2.11 bits per heavy atom. The van der Waals surface area contributed by atoms with Gasteiger partial charge in [0.25, 0.3) is 0 Å². The van der Waals surface area contributed by atoms with Gasteiger partial charge in [0.15, 0.2) is 5.78 Å². The van der Waals surface area contributed by atoms with Crippen molar-refractivity contribution >= 4 is 12.1 Å². The molecule has 0 aromatic carbocycles. The predicted molar refractivity (Wildman–Crippen MR) is 111 cm³/mol. The molecule has 6 atom stereocenters. The van der Waals surface area contributed by atoms with Crippen LogP contribution < -0.4 is 0 Å². The molecular formula is C25H36O2. The van der Waals surface area contributed by atoms with Crippen LogP contribution >= 0.6 is 0 Å². The molecule has 0 bridgehead atoms. The highest BCUT2D eigenvalue weighted by atomic mass is 16.1. The molecule has 0 radical (unpaired) electrons. The smallest absolute Gasteiger partial charge is 0.163 e. The van der Waals surface area contributed by atoms with Gasteiger partial charge in [-0.1, -0.05) is 37.1 Å². The summed E-state index contributed by atoms with van der Waals surface area (Å²) in [5, 5.41) is 0. The van der Waals surface area contributed by atoms with Crippen molar-refractivity contribution in [1.82, 2.24) is 0 Å². The van der Waals surface area contributed by atoms with E-state index in [-0.39, 0.29) is 23.0 Å². The largest absolute Gasteiger partial charge is 0.298 e. The Morgan fingerprint density at radius 1 is 1.37 bits per heavy atom. The highest BCUT2D eigenvalue weighted by Gasteiger charge is 2.50. The molecule has 3 aliphatic carbocycles. The fourth-order valence-corrected chi connectivity index (χ4v) is 6.21. The Morgan fingerprint density at radius 3 is 2.78 bits per heavy atom. The van der Waals surface area contributed by atoms with E-state index in [9.17, 15) is 9.59 Å². The quantitative estimate of drug-likeness (QED) is 0.435. The summed E-state index contributed by atoms with van der Waals surface area (Å²) in [5.74, 6) is 2.21. The van der Waals surface area contributed by atoms with Crippen LogP contribution in [-0.4, -0.2) is 12.1 Å². The Balaban J connectivity index is 1.84. The fourth-order valence-electron chi connectivity index (χ4n) is 6.21. The number of hydrogen-bond donors (Lipinski definition) is 0. The topological polar surface area (TPSA) is 34.1 Å². The van der Waals surface area contributed by atoms with Crippen LogP contribution in [0.3, 0.4) is 0 Å². The lowest BCUT2D eigenvalue weighted by Crippen LogP contribution is -2.34. The van der Waals surface area contributed by atoms with Gasteiger partial charge in [0.2, 0.25) is 0 Å². The van der Waals surface area contributed by atoms with Crippen molar-refractivity contribution < 1.29 is 9.59 Å². The SMILES string of the molecule is CC(C)=CCC[C@H](C)[C@H]1CC[C@]2(C)C[C@@H]3C(C)=CC(=O)[C@H]3C(C=O)=CC[C@@H]12. The molecule has 3 aliphatic rings. The molecule has 148 valence electrons. The van der Waals surface area contributed by atoms with E-state index >= 15 is 0 Å². The molecular weight excluding hydrogens is 332 g/mol. The molecule has 2 heteroatoms. The highest BCUT2D eigenvalue weighted by Crippen LogP contribution is 2.58. The molecule has 2 nitrogen and oxygen atoms in total. The third-order valence-corrected chi connectivity index (χ3v) is 7.82. The Bertz CT molecular complexity index is 691. The van der Waals surface area contributed by atoms with E-state index in [2.05, 4.69) is 46.8 Å². The summed E-state index contributed by atoms with van der Waals surface area (Å²) in [6, 6.07) is 0. The molecule has 0 saturated heterocycles. The number of carbonyl (C=O) groups excluding carboxylic acids is 2. The molecule has 0 amide bonds. The van der Waals surface area contributed by atoms with E-state index in [0.29, 0.717) is 11.8 Å². The monoisotopic (exact) mass is 368 g/mol. The second kappa shape index (κ2) is 7.89. The van der Waals surface area contributed by atoms with Crippen LogP contribution in [0.15, 0.2) is 34.9 Å². The first-order valence-corrected chi connectivity index (χ1v) is 10.8. The Labute approximate surface area is 165 Å². The van der Waals surface area contributed by atoms with Crippen molar-refractivity contribution in [2.75, 3.05) is 0 Å². The van der Waals surface area contributed by atoms with Gasteiger partial charge in [0.1, 0.15) is 6.29 Å². The minimum atomic E-state index is -0.214. The molecule has 0 unspecified atom stereocenters. The maximum absolute atomic E-state index is 12.5. The van der Waals surface area contributed by atoms with Crippen molar-refractivity contribution in [2.45, 2.75) is 73.1 Å². The van der Waals surface area contributed by atoms with Gasteiger partial charge in [-0.25, -0.2) is 0 Å². The minimum absolute atomic E-state index is 0.141. The van der Waals surface area contributed by atoms with Gasteiger partial charge in [0, 0.05) is 0 Å². The van der Waals surface area contributed by atoms with E-state index < -0.39 is 0 Å². The van der Waals surface area contributed by atoms with E-state index in [1.165, 1.54) is 36.8 Å². The van der Waals surface area contributed by atoms with Gasteiger partial charge in [-0.15, -0.1) is 0 Å². The lowest BCUT2D eigenvalue weighted by molar-refractivity contribution is -0.119. The van der Waals surface area contributed by atoms with E-state index in [1.54, 1.807) is 6.08 Å². The number of hydrogen-bond acceptors (Lipinski definition) is 2. The number of fused-ring (bicyclic) bond motifs is 2. The summed E-state index contributed by atoms with van der Waals surface area (Å²) in [6.45, 7) is 11.3. The third kappa shape index (κ3) is 3.91. The first kappa shape index (κ1) is 20.3. The van der Waals surface area contributed by atoms with Crippen molar-refractivity contribution in [3.63, 3.8) is 0 Å². The minimum Gasteiger partial charge on any atom is -0.298 e. The summed E-state index contributed by atoms with van der Waals surface area (Å²) in [5.41, 5.74) is 3.60. The molecule has 3 rings (SSSR count). The Kier molecular flexibility index (Phi) is 5.93. The van der Waals surface area contributed by atoms with Crippen LogP contribution in [0.2, 0.25) is 0 Å². The van der Waals surface area contributed by atoms with Crippen LogP contribution in [-0.2, 0) is 9.59 Å². The number of ketones is 1. The van der Waals surface area contributed by atoms with E-state index in [0.717, 1.165) is 30.6 Å². The Hall–Kier alpha value is -1.44. The van der Waals surface area contributed by atoms with Gasteiger partial charge in [-0.3, -0.25) is 9.59 Å². The van der Waals surface area contributed by atoms with Gasteiger partial charge in [-0.05, 0) is 100 Å². The maximum atomic E-state index is 12.5. The summed E-state index contributed by atoms with van der Waals surface area (Å²) in [4.78, 5) is 24.3. The average molecular weight is 369 g/mol. The number of aldehydes is 1. The average Bonchev–Trinajstić information content (AvgIpc) is 3.04. The molecule has 27 heavy (non-hydrogen) atoms. The number of carbonyl (C=O) groups is 2. The van der Waals surface area contributed by atoms with Crippen LogP contribution in [0, 0.1) is 35.0 Å². The van der Waals surface area contributed by atoms with E-state index in [1.807, 2.05) is 0 Å². The van der Waals surface area contributed by atoms with E-state index in [4.69, 9.17) is 0 Å². The molecule has 0 aromatic rings. The highest BCUT2D eigenvalue weighted by molar-refractivity contribution is 6.01. The van der Waals surface area contributed by atoms with Crippen LogP contribution in [0.1, 0.15) is 73.1 Å². The second-order valence-electron chi connectivity index (χ2n) is 9.94. The maximum Gasteiger partial charge on any atom is 0.163 e. The number of allylic oxidation sites excluding steroid dienone is 6. The molecule has 0 spiro atoms. The predicted octanol–water partition coefficient (Wildman–Crippen LogP) is 6.08. The van der Waals surface area contributed by atoms with Crippen LogP contribution in [0.25, 0.3) is 0 Å². The molecule has 1 fully saturated rings. The van der Waals surface area contributed by atoms with Crippen molar-refractivity contribution in [3.05, 3.63) is 34.9 Å². The molecule has 1 saturated carbocycles. The first-order valence-electron chi connectivity index (χ1n) is 10.8. The van der Waals surface area contributed by atoms with Crippen LogP contribution in [0.5, 0.6) is 0 Å². The van der Waals surface area contributed by atoms with Crippen LogP contribution in [0.4, 0.5) is 0 Å². The normalized spacial score (nSPS) is 36.7. The number of rotatable bonds is 5. The molecule has 0 aromatic heterocycles. The summed E-state index contributed by atoms with van der Waals surface area (Å²) in [7, 11) is 0. The zero-order chi connectivity index (χ0) is 19.8. The standard InChI is InChI=1S/C25H36O2/c1-16(2)7-6-8-17(3)20-11-12-25(5)14-21-18(4)13-23(27)24(21)19(15-26)9-10-22(20)25/h7,9,13,15,17,20-22,24H,6,8,10-12,14H2,1-5H3/t17-,20+,21+,22-,24-,25+/m0/s1. The fraction of sp³-hybridized carbons (Fsp3) is 0.680. The summed E-state index contributed by atoms with van der Waals surface area (Å²) >= 11 is 0. The first-order chi connectivity index (χ1) is 12.8. The van der Waals surface area contributed by atoms with Gasteiger partial charge >= 0.3 is 0 Å². The van der Waals surface area contributed by atoms with Gasteiger partial charge in [0.05, 0.1) is 5.92 Å². The van der Waals surface area contributed by atoms with Crippen molar-refractivity contribution in [2.24, 2.45) is 35.0 Å².